The van der Waals surface area contributed by atoms with Crippen molar-refractivity contribution in [1.82, 2.24) is 15.2 Å². The van der Waals surface area contributed by atoms with Crippen LogP contribution in [0.25, 0.3) is 11.1 Å². The van der Waals surface area contributed by atoms with Gasteiger partial charge in [-0.2, -0.15) is 31.8 Å². The molecule has 1 saturated carbocycles. The maximum atomic E-state index is 14.0. The van der Waals surface area contributed by atoms with Gasteiger partial charge in [-0.3, -0.25) is 0 Å². The molecule has 0 saturated heterocycles. The molecule has 0 bridgehead atoms. The molecule has 10 nitrogen and oxygen atoms in total. The maximum absolute atomic E-state index is 14.0. The van der Waals surface area contributed by atoms with Crippen LogP contribution in [0.5, 0.6) is 5.75 Å². The number of anilines is 3. The molecule has 4 rings (SSSR count). The molecular formula is C20H16ClF3N6O4S. The number of hydrogen-bond donors (Lipinski definition) is 3. The fourth-order valence-corrected chi connectivity index (χ4v) is 4.98. The van der Waals surface area contributed by atoms with Gasteiger partial charge in [0.2, 0.25) is 11.9 Å². The number of nitrogens with one attached hydrogen (secondary N) is 2. The van der Waals surface area contributed by atoms with E-state index in [1.165, 1.54) is 25.3 Å². The van der Waals surface area contributed by atoms with Crippen molar-refractivity contribution in [3.05, 3.63) is 40.9 Å². The van der Waals surface area contributed by atoms with Crippen molar-refractivity contribution in [3.63, 3.8) is 0 Å². The van der Waals surface area contributed by atoms with Crippen LogP contribution in [-0.4, -0.2) is 36.3 Å². The van der Waals surface area contributed by atoms with E-state index >= 15 is 0 Å². The van der Waals surface area contributed by atoms with E-state index in [-0.39, 0.29) is 46.8 Å². The van der Waals surface area contributed by atoms with Crippen LogP contribution in [0, 0.1) is 11.3 Å². The molecule has 1 aliphatic carbocycles. The summed E-state index contributed by atoms with van der Waals surface area (Å²) >= 11 is 6.26. The molecule has 15 heteroatoms. The second kappa shape index (κ2) is 8.59. The SMILES string of the molecule is COc1ccc(-c2c(Cl)cc(Nc3n[nH]c(N)n3)cc2C(F)(F)F)cc1S(=O)(=O)OC1(C#N)CC1. The highest BCUT2D eigenvalue weighted by Gasteiger charge is 2.49. The Morgan fingerprint density at radius 1 is 1.29 bits per heavy atom. The fourth-order valence-electron chi connectivity index (χ4n) is 3.26. The molecular weight excluding hydrogens is 513 g/mol. The minimum atomic E-state index is -4.87. The monoisotopic (exact) mass is 528 g/mol. The molecule has 1 fully saturated rings. The minimum absolute atomic E-state index is 0.0511. The molecule has 1 heterocycles. The van der Waals surface area contributed by atoms with Gasteiger partial charge in [-0.05, 0) is 42.7 Å². The Balaban J connectivity index is 1.83. The van der Waals surface area contributed by atoms with Crippen molar-refractivity contribution in [1.29, 1.82) is 5.26 Å². The average molecular weight is 529 g/mol. The number of aromatic nitrogens is 3. The number of nitriles is 1. The average Bonchev–Trinajstić information content (AvgIpc) is 3.43. The Kier molecular flexibility index (Phi) is 6.04. The van der Waals surface area contributed by atoms with Crippen molar-refractivity contribution in [2.24, 2.45) is 0 Å². The number of benzene rings is 2. The number of rotatable bonds is 7. The lowest BCUT2D eigenvalue weighted by Crippen LogP contribution is -2.18. The van der Waals surface area contributed by atoms with Crippen LogP contribution in [-0.2, 0) is 20.5 Å². The summed E-state index contributed by atoms with van der Waals surface area (Å²) in [4.78, 5) is 3.23. The van der Waals surface area contributed by atoms with Gasteiger partial charge in [0.05, 0.1) is 23.8 Å². The van der Waals surface area contributed by atoms with Crippen molar-refractivity contribution < 1.29 is 30.5 Å². The van der Waals surface area contributed by atoms with Crippen molar-refractivity contribution in [2.75, 3.05) is 18.2 Å². The number of hydrogen-bond acceptors (Lipinski definition) is 9. The van der Waals surface area contributed by atoms with Gasteiger partial charge in [0.1, 0.15) is 10.6 Å². The van der Waals surface area contributed by atoms with E-state index in [4.69, 9.17) is 26.3 Å². The summed E-state index contributed by atoms with van der Waals surface area (Å²) in [5.41, 5.74) is 2.05. The van der Waals surface area contributed by atoms with Gasteiger partial charge in [-0.25, -0.2) is 9.28 Å². The zero-order valence-electron chi connectivity index (χ0n) is 17.8. The number of aromatic amines is 1. The number of methoxy groups -OCH3 is 1. The Bertz CT molecular complexity index is 1450. The number of alkyl halides is 3. The molecule has 184 valence electrons. The van der Waals surface area contributed by atoms with Crippen LogP contribution in [0.2, 0.25) is 5.02 Å². The molecule has 4 N–H and O–H groups in total. The molecule has 0 amide bonds. The number of H-pyrrole nitrogens is 1. The topological polar surface area (TPSA) is 156 Å². The molecule has 0 unspecified atom stereocenters. The lowest BCUT2D eigenvalue weighted by molar-refractivity contribution is -0.137. The standard InChI is InChI=1S/C20H16ClF3N6O4S/c1-33-14-3-2-10(6-15(14)35(31,32)34-19(9-25)4-5-19)16-12(20(22,23)24)7-11(8-13(16)21)27-18-28-17(26)29-30-18/h2-3,6-8H,4-5H2,1H3,(H4,26,27,28,29,30). The van der Waals surface area contributed by atoms with Gasteiger partial charge in [0, 0.05) is 11.3 Å². The molecule has 1 aromatic heterocycles. The van der Waals surface area contributed by atoms with E-state index in [0.717, 1.165) is 12.1 Å². The summed E-state index contributed by atoms with van der Waals surface area (Å²) in [6, 6.07) is 7.13. The molecule has 0 atom stereocenters. The van der Waals surface area contributed by atoms with Crippen LogP contribution in [0.3, 0.4) is 0 Å². The van der Waals surface area contributed by atoms with Crippen LogP contribution < -0.4 is 15.8 Å². The number of nitrogens with zero attached hydrogens (tertiary/aromatic N) is 3. The fraction of sp³-hybridized carbons (Fsp3) is 0.250. The first-order valence-electron chi connectivity index (χ1n) is 9.78. The van der Waals surface area contributed by atoms with Crippen molar-refractivity contribution >= 4 is 39.3 Å². The molecule has 3 aromatic rings. The highest BCUT2D eigenvalue weighted by molar-refractivity contribution is 7.87. The Morgan fingerprint density at radius 3 is 2.54 bits per heavy atom. The second-order valence-corrected chi connectivity index (χ2v) is 9.48. The zero-order chi connectivity index (χ0) is 25.6. The number of nitrogen functional groups attached to an aromatic ring is 1. The Labute approximate surface area is 201 Å². The maximum Gasteiger partial charge on any atom is 0.417 e. The first-order chi connectivity index (χ1) is 16.4. The molecule has 0 aliphatic heterocycles. The summed E-state index contributed by atoms with van der Waals surface area (Å²) in [5, 5.41) is 17.5. The van der Waals surface area contributed by atoms with Gasteiger partial charge in [-0.1, -0.05) is 17.7 Å². The van der Waals surface area contributed by atoms with Gasteiger partial charge in [0.25, 0.3) is 0 Å². The van der Waals surface area contributed by atoms with E-state index in [1.807, 2.05) is 0 Å². The lowest BCUT2D eigenvalue weighted by atomic mass is 9.98. The molecule has 1 aliphatic rings. The lowest BCUT2D eigenvalue weighted by Gasteiger charge is -2.18. The highest BCUT2D eigenvalue weighted by Crippen LogP contribution is 2.46. The minimum Gasteiger partial charge on any atom is -0.495 e. The smallest absolute Gasteiger partial charge is 0.417 e. The molecule has 0 spiro atoms. The predicted octanol–water partition coefficient (Wildman–Crippen LogP) is 4.24. The Morgan fingerprint density at radius 2 is 2.00 bits per heavy atom. The summed E-state index contributed by atoms with van der Waals surface area (Å²) in [7, 11) is -3.37. The van der Waals surface area contributed by atoms with Crippen LogP contribution in [0.15, 0.2) is 35.2 Å². The normalized spacial score (nSPS) is 14.9. The molecule has 0 radical (unpaired) electrons. The number of nitrogens with two attached hydrogens (primary N) is 1. The van der Waals surface area contributed by atoms with E-state index in [0.29, 0.717) is 0 Å². The third kappa shape index (κ3) is 4.97. The summed E-state index contributed by atoms with van der Waals surface area (Å²) < 4.78 is 78.0. The van der Waals surface area contributed by atoms with Gasteiger partial charge in [-0.15, -0.1) is 5.10 Å². The van der Waals surface area contributed by atoms with Crippen LogP contribution in [0.4, 0.5) is 30.8 Å². The number of halogens is 4. The largest absolute Gasteiger partial charge is 0.495 e. The predicted molar refractivity (Wildman–Crippen MR) is 118 cm³/mol. The first kappa shape index (κ1) is 24.6. The van der Waals surface area contributed by atoms with Crippen LogP contribution >= 0.6 is 11.6 Å². The van der Waals surface area contributed by atoms with Crippen LogP contribution in [0.1, 0.15) is 18.4 Å². The van der Waals surface area contributed by atoms with E-state index in [9.17, 15) is 26.9 Å². The molecule has 2 aromatic carbocycles. The Hall–Kier alpha value is -3.54. The second-order valence-electron chi connectivity index (χ2n) is 7.56. The first-order valence-corrected chi connectivity index (χ1v) is 11.6. The third-order valence-corrected chi connectivity index (χ3v) is 6.75. The quantitative estimate of drug-likeness (QED) is 0.381. The van der Waals surface area contributed by atoms with Gasteiger partial charge < -0.3 is 15.8 Å². The van der Waals surface area contributed by atoms with E-state index < -0.39 is 37.9 Å². The highest BCUT2D eigenvalue weighted by atomic mass is 35.5. The summed E-state index contributed by atoms with van der Waals surface area (Å²) in [6.07, 6.45) is -4.46. The van der Waals surface area contributed by atoms with E-state index in [2.05, 4.69) is 20.5 Å². The van der Waals surface area contributed by atoms with Crippen molar-refractivity contribution in [2.45, 2.75) is 29.5 Å². The third-order valence-electron chi connectivity index (χ3n) is 5.05. The zero-order valence-corrected chi connectivity index (χ0v) is 19.3. The van der Waals surface area contributed by atoms with Gasteiger partial charge in [0.15, 0.2) is 5.60 Å². The van der Waals surface area contributed by atoms with E-state index in [1.54, 1.807) is 6.07 Å². The summed E-state index contributed by atoms with van der Waals surface area (Å²) in [5.74, 6) is -0.307. The van der Waals surface area contributed by atoms with Crippen molar-refractivity contribution in [3.8, 4) is 22.9 Å². The van der Waals surface area contributed by atoms with Gasteiger partial charge >= 0.3 is 16.3 Å². The summed E-state index contributed by atoms with van der Waals surface area (Å²) in [6.45, 7) is 0. The molecule has 35 heavy (non-hydrogen) atoms. The number of ether oxygens (including phenoxy) is 1.